The minimum Gasteiger partial charge on any atom is -0.370 e. The lowest BCUT2D eigenvalue weighted by Gasteiger charge is -2.33. The Morgan fingerprint density at radius 1 is 1.28 bits per heavy atom. The first-order chi connectivity index (χ1) is 12.0. The van der Waals surface area contributed by atoms with Crippen LogP contribution in [0.1, 0.15) is 22.0 Å². The van der Waals surface area contributed by atoms with E-state index < -0.39 is 4.92 Å². The Labute approximate surface area is 147 Å². The fourth-order valence-corrected chi connectivity index (χ4v) is 2.93. The van der Waals surface area contributed by atoms with Gasteiger partial charge in [-0.05, 0) is 23.8 Å². The second-order valence-electron chi connectivity index (χ2n) is 5.58. The second-order valence-corrected chi connectivity index (χ2v) is 5.99. The standard InChI is InChI=1S/C17H14ClFN2O4/c18-15-9-13(21(23)24)5-6-14(15)17(22)20-7-8-25-16(10-20)11-1-3-12(19)4-2-11/h1-6,9,16H,7-8,10H2. The van der Waals surface area contributed by atoms with Crippen molar-refractivity contribution in [2.75, 3.05) is 19.7 Å². The molecule has 0 saturated carbocycles. The van der Waals surface area contributed by atoms with E-state index in [1.165, 1.54) is 24.3 Å². The van der Waals surface area contributed by atoms with Gasteiger partial charge < -0.3 is 9.64 Å². The van der Waals surface area contributed by atoms with Gasteiger partial charge in [-0.1, -0.05) is 23.7 Å². The first-order valence-corrected chi connectivity index (χ1v) is 7.94. The van der Waals surface area contributed by atoms with Gasteiger partial charge >= 0.3 is 0 Å². The van der Waals surface area contributed by atoms with E-state index in [9.17, 15) is 19.3 Å². The number of hydrogen-bond acceptors (Lipinski definition) is 4. The number of carbonyl (C=O) groups excluding carboxylic acids is 1. The van der Waals surface area contributed by atoms with Gasteiger partial charge in [0, 0.05) is 18.7 Å². The number of amides is 1. The van der Waals surface area contributed by atoms with Crippen LogP contribution in [0.5, 0.6) is 0 Å². The van der Waals surface area contributed by atoms with Crippen LogP contribution in [-0.2, 0) is 4.74 Å². The molecule has 0 spiro atoms. The Hall–Kier alpha value is -2.51. The zero-order chi connectivity index (χ0) is 18.0. The van der Waals surface area contributed by atoms with Gasteiger partial charge in [-0.25, -0.2) is 4.39 Å². The number of morpholine rings is 1. The molecule has 6 nitrogen and oxygen atoms in total. The normalized spacial score (nSPS) is 17.4. The third kappa shape index (κ3) is 3.78. The molecule has 0 aliphatic carbocycles. The number of non-ortho nitro benzene ring substituents is 1. The van der Waals surface area contributed by atoms with Crippen LogP contribution in [0, 0.1) is 15.9 Å². The van der Waals surface area contributed by atoms with Crippen LogP contribution >= 0.6 is 11.6 Å². The Bertz CT molecular complexity index is 813. The summed E-state index contributed by atoms with van der Waals surface area (Å²) in [5.41, 5.74) is 0.799. The van der Waals surface area contributed by atoms with Crippen molar-refractivity contribution in [1.29, 1.82) is 0 Å². The quantitative estimate of drug-likeness (QED) is 0.616. The number of ether oxygens (including phenoxy) is 1. The summed E-state index contributed by atoms with van der Waals surface area (Å²) in [6, 6.07) is 9.67. The van der Waals surface area contributed by atoms with Gasteiger partial charge in [0.15, 0.2) is 0 Å². The molecule has 8 heteroatoms. The SMILES string of the molecule is O=C(c1ccc([N+](=O)[O-])cc1Cl)N1CCOC(c2ccc(F)cc2)C1. The molecule has 1 unspecified atom stereocenters. The van der Waals surface area contributed by atoms with Crippen LogP contribution in [0.15, 0.2) is 42.5 Å². The number of rotatable bonds is 3. The van der Waals surface area contributed by atoms with Gasteiger partial charge in [-0.15, -0.1) is 0 Å². The second kappa shape index (κ2) is 7.16. The van der Waals surface area contributed by atoms with Crippen LogP contribution in [0.25, 0.3) is 0 Å². The fourth-order valence-electron chi connectivity index (χ4n) is 2.67. The third-order valence-corrected chi connectivity index (χ3v) is 4.30. The number of benzene rings is 2. The molecule has 130 valence electrons. The molecule has 1 fully saturated rings. The van der Waals surface area contributed by atoms with Gasteiger partial charge in [0.2, 0.25) is 0 Å². The monoisotopic (exact) mass is 364 g/mol. The number of nitro benzene ring substituents is 1. The summed E-state index contributed by atoms with van der Waals surface area (Å²) in [5.74, 6) is -0.666. The van der Waals surface area contributed by atoms with E-state index >= 15 is 0 Å². The number of hydrogen-bond donors (Lipinski definition) is 0. The Kier molecular flexibility index (Phi) is 4.96. The molecular weight excluding hydrogens is 351 g/mol. The van der Waals surface area contributed by atoms with E-state index in [0.717, 1.165) is 11.6 Å². The van der Waals surface area contributed by atoms with E-state index in [4.69, 9.17) is 16.3 Å². The van der Waals surface area contributed by atoms with Crippen molar-refractivity contribution in [3.05, 3.63) is 74.5 Å². The molecule has 1 amide bonds. The summed E-state index contributed by atoms with van der Waals surface area (Å²) < 4.78 is 18.7. The lowest BCUT2D eigenvalue weighted by Crippen LogP contribution is -2.42. The predicted molar refractivity (Wildman–Crippen MR) is 89.1 cm³/mol. The van der Waals surface area contributed by atoms with Crippen LogP contribution < -0.4 is 0 Å². The summed E-state index contributed by atoms with van der Waals surface area (Å²) in [6.07, 6.45) is -0.366. The van der Waals surface area contributed by atoms with E-state index in [2.05, 4.69) is 0 Å². The van der Waals surface area contributed by atoms with Gasteiger partial charge in [-0.2, -0.15) is 0 Å². The molecule has 1 heterocycles. The molecule has 1 atom stereocenters. The summed E-state index contributed by atoms with van der Waals surface area (Å²) in [7, 11) is 0. The largest absolute Gasteiger partial charge is 0.370 e. The van der Waals surface area contributed by atoms with Crippen LogP contribution in [0.2, 0.25) is 5.02 Å². The summed E-state index contributed by atoms with van der Waals surface area (Å²) in [4.78, 5) is 24.5. The molecule has 0 radical (unpaired) electrons. The number of halogens is 2. The van der Waals surface area contributed by atoms with E-state index in [-0.39, 0.29) is 40.6 Å². The maximum atomic E-state index is 13.0. The molecule has 25 heavy (non-hydrogen) atoms. The zero-order valence-electron chi connectivity index (χ0n) is 13.0. The topological polar surface area (TPSA) is 72.7 Å². The summed E-state index contributed by atoms with van der Waals surface area (Å²) >= 11 is 6.03. The average molecular weight is 365 g/mol. The molecule has 3 rings (SSSR count). The van der Waals surface area contributed by atoms with Gasteiger partial charge in [0.25, 0.3) is 11.6 Å². The fraction of sp³-hybridized carbons (Fsp3) is 0.235. The highest BCUT2D eigenvalue weighted by molar-refractivity contribution is 6.34. The Morgan fingerprint density at radius 2 is 2.00 bits per heavy atom. The van der Waals surface area contributed by atoms with Crippen LogP contribution in [0.4, 0.5) is 10.1 Å². The van der Waals surface area contributed by atoms with Gasteiger partial charge in [0.05, 0.1) is 28.7 Å². The van der Waals surface area contributed by atoms with Crippen molar-refractivity contribution in [2.24, 2.45) is 0 Å². The first kappa shape index (κ1) is 17.3. The highest BCUT2D eigenvalue weighted by Crippen LogP contribution is 2.27. The number of carbonyl (C=O) groups is 1. The van der Waals surface area contributed by atoms with Crippen molar-refractivity contribution in [3.63, 3.8) is 0 Å². The molecule has 0 N–H and O–H groups in total. The van der Waals surface area contributed by atoms with Crippen molar-refractivity contribution in [2.45, 2.75) is 6.10 Å². The first-order valence-electron chi connectivity index (χ1n) is 7.56. The van der Waals surface area contributed by atoms with Crippen LogP contribution in [0.3, 0.4) is 0 Å². The molecule has 0 bridgehead atoms. The maximum Gasteiger partial charge on any atom is 0.270 e. The molecule has 1 saturated heterocycles. The lowest BCUT2D eigenvalue weighted by molar-refractivity contribution is -0.384. The number of nitro groups is 1. The number of nitrogens with zero attached hydrogens (tertiary/aromatic N) is 2. The van der Waals surface area contributed by atoms with Gasteiger partial charge in [-0.3, -0.25) is 14.9 Å². The molecular formula is C17H14ClFN2O4. The predicted octanol–water partition coefficient (Wildman–Crippen LogP) is 3.60. The van der Waals surface area contributed by atoms with Crippen molar-refractivity contribution < 1.29 is 18.8 Å². The summed E-state index contributed by atoms with van der Waals surface area (Å²) in [5, 5.41) is 10.8. The summed E-state index contributed by atoms with van der Waals surface area (Å²) in [6.45, 7) is 1.00. The van der Waals surface area contributed by atoms with E-state index in [1.807, 2.05) is 0 Å². The Balaban J connectivity index is 1.78. The Morgan fingerprint density at radius 3 is 2.64 bits per heavy atom. The van der Waals surface area contributed by atoms with E-state index in [1.54, 1.807) is 17.0 Å². The van der Waals surface area contributed by atoms with Gasteiger partial charge in [0.1, 0.15) is 11.9 Å². The molecule has 1 aliphatic heterocycles. The highest BCUT2D eigenvalue weighted by Gasteiger charge is 2.27. The minimum atomic E-state index is -0.570. The highest BCUT2D eigenvalue weighted by atomic mass is 35.5. The van der Waals surface area contributed by atoms with Crippen LogP contribution in [-0.4, -0.2) is 35.4 Å². The minimum absolute atomic E-state index is 0.0315. The molecule has 2 aromatic rings. The third-order valence-electron chi connectivity index (χ3n) is 3.99. The van der Waals surface area contributed by atoms with Crippen molar-refractivity contribution in [3.8, 4) is 0 Å². The van der Waals surface area contributed by atoms with E-state index in [0.29, 0.717) is 13.2 Å². The molecule has 2 aromatic carbocycles. The lowest BCUT2D eigenvalue weighted by atomic mass is 10.1. The van der Waals surface area contributed by atoms with Crippen molar-refractivity contribution in [1.82, 2.24) is 4.90 Å². The smallest absolute Gasteiger partial charge is 0.270 e. The van der Waals surface area contributed by atoms with Crippen molar-refractivity contribution >= 4 is 23.2 Å². The molecule has 1 aliphatic rings. The maximum absolute atomic E-state index is 13.0. The zero-order valence-corrected chi connectivity index (χ0v) is 13.8. The average Bonchev–Trinajstić information content (AvgIpc) is 2.61. The molecule has 0 aromatic heterocycles.